The smallest absolute Gasteiger partial charge is 0.268 e. The van der Waals surface area contributed by atoms with Crippen LogP contribution in [0.2, 0.25) is 5.02 Å². The van der Waals surface area contributed by atoms with Crippen molar-refractivity contribution in [2.45, 2.75) is 4.90 Å². The van der Waals surface area contributed by atoms with Crippen molar-refractivity contribution in [3.8, 4) is 17.7 Å². The summed E-state index contributed by atoms with van der Waals surface area (Å²) in [6.07, 6.45) is 5.52. The average molecular weight is 459 g/mol. The molecule has 4 aromatic heterocycles. The predicted molar refractivity (Wildman–Crippen MR) is 110 cm³/mol. The van der Waals surface area contributed by atoms with Crippen LogP contribution in [0.4, 0.5) is 10.2 Å². The van der Waals surface area contributed by atoms with E-state index in [1.54, 1.807) is 18.3 Å². The van der Waals surface area contributed by atoms with Gasteiger partial charge in [0.05, 0.1) is 23.9 Å². The standard InChI is InChI=1S/C19H12ClFN6O3S/c1-30-19-15(9-13(20)10-24-19)31(28,29)26-18-17(21)12(6-8-22-18)4-5-14-11-23-16-3-2-7-25-27(14)16/h2-3,6-11H,1H3,(H,22,26). The van der Waals surface area contributed by atoms with Crippen molar-refractivity contribution in [1.82, 2.24) is 24.6 Å². The summed E-state index contributed by atoms with van der Waals surface area (Å²) in [6, 6.07) is 5.93. The first-order valence-electron chi connectivity index (χ1n) is 8.56. The van der Waals surface area contributed by atoms with Crippen molar-refractivity contribution in [3.05, 3.63) is 71.2 Å². The molecule has 4 heterocycles. The molecule has 156 valence electrons. The molecule has 31 heavy (non-hydrogen) atoms. The van der Waals surface area contributed by atoms with Gasteiger partial charge in [-0.3, -0.25) is 4.72 Å². The highest BCUT2D eigenvalue weighted by molar-refractivity contribution is 7.92. The number of imidazole rings is 1. The second-order valence-corrected chi connectivity index (χ2v) is 8.06. The van der Waals surface area contributed by atoms with Crippen LogP contribution in [-0.2, 0) is 10.0 Å². The minimum Gasteiger partial charge on any atom is -0.480 e. The summed E-state index contributed by atoms with van der Waals surface area (Å²) in [4.78, 5) is 11.4. The number of anilines is 1. The maximum Gasteiger partial charge on any atom is 0.268 e. The number of ether oxygens (including phenoxy) is 1. The van der Waals surface area contributed by atoms with Gasteiger partial charge in [0.15, 0.2) is 22.2 Å². The van der Waals surface area contributed by atoms with E-state index in [9.17, 15) is 12.8 Å². The minimum absolute atomic E-state index is 0.0656. The maximum atomic E-state index is 14.9. The third-order valence-electron chi connectivity index (χ3n) is 3.99. The zero-order valence-electron chi connectivity index (χ0n) is 15.7. The molecule has 12 heteroatoms. The van der Waals surface area contributed by atoms with Crippen molar-refractivity contribution in [2.75, 3.05) is 11.8 Å². The number of sulfonamides is 1. The van der Waals surface area contributed by atoms with Gasteiger partial charge in [-0.15, -0.1) is 0 Å². The van der Waals surface area contributed by atoms with Gasteiger partial charge in [0.2, 0.25) is 5.88 Å². The number of hydrogen-bond acceptors (Lipinski definition) is 7. The number of aromatic nitrogens is 5. The Morgan fingerprint density at radius 1 is 1.16 bits per heavy atom. The molecule has 4 aromatic rings. The Morgan fingerprint density at radius 3 is 2.81 bits per heavy atom. The van der Waals surface area contributed by atoms with Gasteiger partial charge < -0.3 is 4.74 Å². The molecule has 0 aromatic carbocycles. The Morgan fingerprint density at radius 2 is 2.00 bits per heavy atom. The fourth-order valence-corrected chi connectivity index (χ4v) is 3.97. The topological polar surface area (TPSA) is 111 Å². The molecule has 4 rings (SSSR count). The van der Waals surface area contributed by atoms with E-state index in [4.69, 9.17) is 16.3 Å². The molecule has 0 aliphatic heterocycles. The molecule has 0 saturated heterocycles. The first-order valence-corrected chi connectivity index (χ1v) is 10.4. The molecular formula is C19H12ClFN6O3S. The maximum absolute atomic E-state index is 14.9. The molecule has 1 N–H and O–H groups in total. The van der Waals surface area contributed by atoms with Crippen molar-refractivity contribution in [3.63, 3.8) is 0 Å². The number of halogens is 2. The van der Waals surface area contributed by atoms with E-state index < -0.39 is 21.7 Å². The van der Waals surface area contributed by atoms with Crippen molar-refractivity contribution >= 4 is 33.1 Å². The predicted octanol–water partition coefficient (Wildman–Crippen LogP) is 2.52. The average Bonchev–Trinajstić information content (AvgIpc) is 3.17. The number of nitrogens with one attached hydrogen (secondary N) is 1. The summed E-state index contributed by atoms with van der Waals surface area (Å²) >= 11 is 5.84. The number of pyridine rings is 2. The van der Waals surface area contributed by atoms with Gasteiger partial charge >= 0.3 is 0 Å². The molecule has 0 saturated carbocycles. The second kappa shape index (κ2) is 8.17. The van der Waals surface area contributed by atoms with Crippen molar-refractivity contribution in [1.29, 1.82) is 0 Å². The number of nitrogens with zero attached hydrogens (tertiary/aromatic N) is 5. The Labute approximate surface area is 180 Å². The van der Waals surface area contributed by atoms with Crippen LogP contribution in [0.3, 0.4) is 0 Å². The lowest BCUT2D eigenvalue weighted by molar-refractivity contribution is 0.385. The Kier molecular flexibility index (Phi) is 5.41. The van der Waals surface area contributed by atoms with E-state index in [0.29, 0.717) is 11.3 Å². The van der Waals surface area contributed by atoms with Gasteiger partial charge in [-0.05, 0) is 30.2 Å². The summed E-state index contributed by atoms with van der Waals surface area (Å²) in [7, 11) is -3.05. The number of hydrogen-bond donors (Lipinski definition) is 1. The van der Waals surface area contributed by atoms with Crippen molar-refractivity contribution < 1.29 is 17.5 Å². The summed E-state index contributed by atoms with van der Waals surface area (Å²) in [5, 5.41) is 4.19. The molecule has 0 fully saturated rings. The van der Waals surface area contributed by atoms with Crippen LogP contribution in [0.1, 0.15) is 11.3 Å². The first kappa shape index (κ1) is 20.5. The number of rotatable bonds is 4. The zero-order valence-corrected chi connectivity index (χ0v) is 17.3. The Hall–Kier alpha value is -3.75. The largest absolute Gasteiger partial charge is 0.480 e. The molecule has 0 spiro atoms. The van der Waals surface area contributed by atoms with Crippen LogP contribution in [0.15, 0.2) is 53.9 Å². The van der Waals surface area contributed by atoms with E-state index in [0.717, 1.165) is 6.07 Å². The lowest BCUT2D eigenvalue weighted by Gasteiger charge is -2.11. The van der Waals surface area contributed by atoms with Crippen LogP contribution >= 0.6 is 11.6 Å². The lowest BCUT2D eigenvalue weighted by Crippen LogP contribution is -2.17. The fraction of sp³-hybridized carbons (Fsp3) is 0.0526. The van der Waals surface area contributed by atoms with E-state index in [2.05, 4.69) is 36.6 Å². The van der Waals surface area contributed by atoms with Gasteiger partial charge in [0.25, 0.3) is 10.0 Å². The molecule has 0 aliphatic carbocycles. The number of fused-ring (bicyclic) bond motifs is 1. The molecular weight excluding hydrogens is 447 g/mol. The SMILES string of the molecule is COc1ncc(Cl)cc1S(=O)(=O)Nc1nccc(C#Cc2cnc3cccnn23)c1F. The highest BCUT2D eigenvalue weighted by Crippen LogP contribution is 2.27. The minimum atomic E-state index is -4.30. The molecule has 0 aliphatic rings. The van der Waals surface area contributed by atoms with E-state index in [1.807, 2.05) is 0 Å². The lowest BCUT2D eigenvalue weighted by atomic mass is 10.2. The normalized spacial score (nSPS) is 11.1. The third kappa shape index (κ3) is 4.11. The first-order chi connectivity index (χ1) is 14.9. The van der Waals surface area contributed by atoms with Gasteiger partial charge in [0.1, 0.15) is 5.69 Å². The summed E-state index contributed by atoms with van der Waals surface area (Å²) in [6.45, 7) is 0. The molecule has 0 atom stereocenters. The summed E-state index contributed by atoms with van der Waals surface area (Å²) in [5.74, 6) is 3.73. The second-order valence-electron chi connectivity index (χ2n) is 5.97. The van der Waals surface area contributed by atoms with Crippen LogP contribution < -0.4 is 9.46 Å². The summed E-state index contributed by atoms with van der Waals surface area (Å²) < 4.78 is 48.9. The highest BCUT2D eigenvalue weighted by Gasteiger charge is 2.24. The van der Waals surface area contributed by atoms with E-state index in [-0.39, 0.29) is 21.4 Å². The van der Waals surface area contributed by atoms with Gasteiger partial charge in [-0.2, -0.15) is 5.10 Å². The van der Waals surface area contributed by atoms with E-state index >= 15 is 0 Å². The molecule has 0 unspecified atom stereocenters. The van der Waals surface area contributed by atoms with Crippen molar-refractivity contribution in [2.24, 2.45) is 0 Å². The highest BCUT2D eigenvalue weighted by atomic mass is 35.5. The summed E-state index contributed by atoms with van der Waals surface area (Å²) in [5.41, 5.74) is 0.943. The Bertz CT molecular complexity index is 1460. The molecule has 9 nitrogen and oxygen atoms in total. The van der Waals surface area contributed by atoms with Crippen LogP contribution in [0.25, 0.3) is 5.65 Å². The molecule has 0 bridgehead atoms. The van der Waals surface area contributed by atoms with Crippen LogP contribution in [0.5, 0.6) is 5.88 Å². The fourth-order valence-electron chi connectivity index (χ4n) is 2.59. The van der Waals surface area contributed by atoms with Gasteiger partial charge in [-0.25, -0.2) is 32.3 Å². The van der Waals surface area contributed by atoms with Gasteiger partial charge in [-0.1, -0.05) is 17.5 Å². The third-order valence-corrected chi connectivity index (χ3v) is 5.53. The number of methoxy groups -OCH3 is 1. The van der Waals surface area contributed by atoms with Crippen LogP contribution in [0, 0.1) is 17.7 Å². The van der Waals surface area contributed by atoms with Gasteiger partial charge in [0, 0.05) is 18.6 Å². The van der Waals surface area contributed by atoms with Crippen LogP contribution in [-0.4, -0.2) is 40.1 Å². The quantitative estimate of drug-likeness (QED) is 0.468. The Balaban J connectivity index is 1.68. The monoisotopic (exact) mass is 458 g/mol. The van der Waals surface area contributed by atoms with E-state index in [1.165, 1.54) is 36.3 Å². The molecule has 0 amide bonds. The zero-order chi connectivity index (χ0) is 22.0. The molecule has 0 radical (unpaired) electrons.